The molecular weight excluding hydrogens is 201 g/mol. The van der Waals surface area contributed by atoms with Gasteiger partial charge in [0.25, 0.3) is 0 Å². The molecule has 0 spiro atoms. The maximum atomic E-state index is 5.75. The molecule has 1 aromatic heterocycles. The zero-order valence-corrected chi connectivity index (χ0v) is 8.89. The van der Waals surface area contributed by atoms with Crippen molar-refractivity contribution in [2.45, 2.75) is 19.3 Å². The lowest BCUT2D eigenvalue weighted by Gasteiger charge is -2.17. The van der Waals surface area contributed by atoms with Crippen LogP contribution in [0.15, 0.2) is 10.9 Å². The van der Waals surface area contributed by atoms with E-state index >= 15 is 0 Å². The number of alkyl halides is 1. The van der Waals surface area contributed by atoms with Gasteiger partial charge in [0.2, 0.25) is 0 Å². The Labute approximate surface area is 82.2 Å². The second-order valence-electron chi connectivity index (χ2n) is 2.89. The molecule has 0 radical (unpaired) electrons. The molecule has 1 nitrogen and oxygen atoms in total. The van der Waals surface area contributed by atoms with Crippen LogP contribution in [0.3, 0.4) is 0 Å². The highest BCUT2D eigenvalue weighted by Crippen LogP contribution is 2.23. The van der Waals surface area contributed by atoms with Crippen molar-refractivity contribution in [2.75, 3.05) is 5.88 Å². The summed E-state index contributed by atoms with van der Waals surface area (Å²) in [5.41, 5.74) is 2.96. The zero-order valence-electron chi connectivity index (χ0n) is 6.50. The SMILES string of the molecule is CC(C)(CCl)c1cscn1.Cl. The van der Waals surface area contributed by atoms with Crippen molar-refractivity contribution in [3.63, 3.8) is 0 Å². The van der Waals surface area contributed by atoms with Crippen LogP contribution in [0.4, 0.5) is 0 Å². The Morgan fingerprint density at radius 1 is 1.64 bits per heavy atom. The Bertz CT molecular complexity index is 196. The van der Waals surface area contributed by atoms with Gasteiger partial charge in [-0.05, 0) is 0 Å². The minimum atomic E-state index is 0. The molecule has 0 N–H and O–H groups in total. The van der Waals surface area contributed by atoms with Gasteiger partial charge in [-0.1, -0.05) is 13.8 Å². The maximum Gasteiger partial charge on any atom is 0.0794 e. The summed E-state index contributed by atoms with van der Waals surface area (Å²) in [5, 5.41) is 2.04. The summed E-state index contributed by atoms with van der Waals surface area (Å²) in [5.74, 6) is 0.622. The van der Waals surface area contributed by atoms with Gasteiger partial charge >= 0.3 is 0 Å². The predicted molar refractivity (Wildman–Crippen MR) is 53.1 cm³/mol. The Kier molecular flexibility index (Phi) is 4.37. The summed E-state index contributed by atoms with van der Waals surface area (Å²) in [6.45, 7) is 4.18. The van der Waals surface area contributed by atoms with Gasteiger partial charge in [-0.25, -0.2) is 4.98 Å². The molecular formula is C7H11Cl2NS. The van der Waals surface area contributed by atoms with Crippen molar-refractivity contribution in [3.05, 3.63) is 16.6 Å². The topological polar surface area (TPSA) is 12.9 Å². The largest absolute Gasteiger partial charge is 0.249 e. The standard InChI is InChI=1S/C7H10ClNS.ClH/c1-7(2,4-8)6-3-10-5-9-6;/h3,5H,4H2,1-2H3;1H. The summed E-state index contributed by atoms with van der Waals surface area (Å²) in [6.07, 6.45) is 0. The first-order chi connectivity index (χ1) is 4.67. The minimum Gasteiger partial charge on any atom is -0.249 e. The molecule has 0 atom stereocenters. The number of hydrogen-bond acceptors (Lipinski definition) is 2. The van der Waals surface area contributed by atoms with E-state index in [0.29, 0.717) is 5.88 Å². The van der Waals surface area contributed by atoms with Crippen LogP contribution in [0.2, 0.25) is 0 Å². The van der Waals surface area contributed by atoms with Crippen molar-refractivity contribution < 1.29 is 0 Å². The van der Waals surface area contributed by atoms with Crippen molar-refractivity contribution in [2.24, 2.45) is 0 Å². The molecule has 0 aliphatic heterocycles. The number of aromatic nitrogens is 1. The highest BCUT2D eigenvalue weighted by atomic mass is 35.5. The van der Waals surface area contributed by atoms with E-state index in [1.54, 1.807) is 11.3 Å². The average molecular weight is 212 g/mol. The van der Waals surface area contributed by atoms with Gasteiger partial charge in [-0.3, -0.25) is 0 Å². The lowest BCUT2D eigenvalue weighted by molar-refractivity contribution is 0.580. The van der Waals surface area contributed by atoms with Gasteiger partial charge in [0.15, 0.2) is 0 Å². The molecule has 1 aromatic rings. The molecule has 0 aliphatic rings. The first kappa shape index (κ1) is 11.2. The summed E-state index contributed by atoms with van der Waals surface area (Å²) in [4.78, 5) is 4.19. The van der Waals surface area contributed by atoms with Crippen LogP contribution in [0.25, 0.3) is 0 Å². The van der Waals surface area contributed by atoms with Crippen molar-refractivity contribution in [1.82, 2.24) is 4.98 Å². The Morgan fingerprint density at radius 2 is 2.27 bits per heavy atom. The lowest BCUT2D eigenvalue weighted by Crippen LogP contribution is -2.19. The van der Waals surface area contributed by atoms with Gasteiger partial charge in [0.1, 0.15) is 0 Å². The number of rotatable bonds is 2. The van der Waals surface area contributed by atoms with Gasteiger partial charge in [0.05, 0.1) is 11.2 Å². The Morgan fingerprint density at radius 3 is 2.64 bits per heavy atom. The van der Waals surface area contributed by atoms with E-state index < -0.39 is 0 Å². The normalized spacial score (nSPS) is 10.8. The number of hydrogen-bond donors (Lipinski definition) is 0. The summed E-state index contributed by atoms with van der Waals surface area (Å²) < 4.78 is 0. The summed E-state index contributed by atoms with van der Waals surface area (Å²) >= 11 is 7.36. The Balaban J connectivity index is 0.000001000. The first-order valence-electron chi connectivity index (χ1n) is 3.11. The maximum absolute atomic E-state index is 5.75. The van der Waals surface area contributed by atoms with E-state index in [2.05, 4.69) is 18.8 Å². The monoisotopic (exact) mass is 211 g/mol. The van der Waals surface area contributed by atoms with Crippen LogP contribution in [0.1, 0.15) is 19.5 Å². The van der Waals surface area contributed by atoms with Crippen LogP contribution < -0.4 is 0 Å². The third-order valence-corrected chi connectivity index (χ3v) is 2.71. The average Bonchev–Trinajstić information content (AvgIpc) is 2.38. The highest BCUT2D eigenvalue weighted by Gasteiger charge is 2.20. The van der Waals surface area contributed by atoms with E-state index in [0.717, 1.165) is 5.69 Å². The van der Waals surface area contributed by atoms with E-state index in [9.17, 15) is 0 Å². The second kappa shape index (κ2) is 4.29. The minimum absolute atomic E-state index is 0. The molecule has 0 saturated heterocycles. The van der Waals surface area contributed by atoms with Gasteiger partial charge in [-0.2, -0.15) is 0 Å². The van der Waals surface area contributed by atoms with Crippen molar-refractivity contribution in [1.29, 1.82) is 0 Å². The van der Waals surface area contributed by atoms with Crippen molar-refractivity contribution in [3.8, 4) is 0 Å². The second-order valence-corrected chi connectivity index (χ2v) is 3.88. The third kappa shape index (κ3) is 2.62. The summed E-state index contributed by atoms with van der Waals surface area (Å²) in [7, 11) is 0. The molecule has 4 heteroatoms. The fraction of sp³-hybridized carbons (Fsp3) is 0.571. The van der Waals surface area contributed by atoms with Crippen LogP contribution >= 0.6 is 35.3 Å². The molecule has 0 fully saturated rings. The highest BCUT2D eigenvalue weighted by molar-refractivity contribution is 7.07. The van der Waals surface area contributed by atoms with E-state index in [4.69, 9.17) is 11.6 Å². The molecule has 1 rings (SSSR count). The molecule has 11 heavy (non-hydrogen) atoms. The van der Waals surface area contributed by atoms with Gasteiger partial charge in [-0.15, -0.1) is 35.3 Å². The molecule has 0 bridgehead atoms. The zero-order chi connectivity index (χ0) is 7.61. The van der Waals surface area contributed by atoms with E-state index in [1.807, 2.05) is 10.9 Å². The first-order valence-corrected chi connectivity index (χ1v) is 4.59. The van der Waals surface area contributed by atoms with Crippen molar-refractivity contribution >= 4 is 35.3 Å². The van der Waals surface area contributed by atoms with E-state index in [1.165, 1.54) is 0 Å². The van der Waals surface area contributed by atoms with Gasteiger partial charge in [0, 0.05) is 16.7 Å². The van der Waals surface area contributed by atoms with E-state index in [-0.39, 0.29) is 17.8 Å². The van der Waals surface area contributed by atoms with Crippen LogP contribution in [-0.4, -0.2) is 10.9 Å². The fourth-order valence-electron chi connectivity index (χ4n) is 0.615. The molecule has 0 aromatic carbocycles. The molecule has 0 amide bonds. The molecule has 1 heterocycles. The number of thiazole rings is 1. The number of nitrogens with zero attached hydrogens (tertiary/aromatic N) is 1. The summed E-state index contributed by atoms with van der Waals surface area (Å²) in [6, 6.07) is 0. The third-order valence-electron chi connectivity index (χ3n) is 1.46. The molecule has 64 valence electrons. The fourth-order valence-corrected chi connectivity index (χ4v) is 1.50. The molecule has 0 unspecified atom stereocenters. The van der Waals surface area contributed by atoms with Crippen LogP contribution in [0, 0.1) is 0 Å². The van der Waals surface area contributed by atoms with Crippen LogP contribution in [0.5, 0.6) is 0 Å². The van der Waals surface area contributed by atoms with Crippen LogP contribution in [-0.2, 0) is 5.41 Å². The quantitative estimate of drug-likeness (QED) is 0.686. The molecule has 0 aliphatic carbocycles. The molecule has 0 saturated carbocycles. The smallest absolute Gasteiger partial charge is 0.0794 e. The lowest BCUT2D eigenvalue weighted by atomic mass is 9.93. The Hall–Kier alpha value is 0.210. The van der Waals surface area contributed by atoms with Gasteiger partial charge < -0.3 is 0 Å². The number of halogens is 2. The predicted octanol–water partition coefficient (Wildman–Crippen LogP) is 3.08.